The van der Waals surface area contributed by atoms with Gasteiger partial charge in [0, 0.05) is 18.3 Å². The van der Waals surface area contributed by atoms with Crippen molar-refractivity contribution >= 4 is 11.6 Å². The summed E-state index contributed by atoms with van der Waals surface area (Å²) in [6.07, 6.45) is 0. The van der Waals surface area contributed by atoms with Gasteiger partial charge in [0.25, 0.3) is 0 Å². The Morgan fingerprint density at radius 2 is 1.75 bits per heavy atom. The van der Waals surface area contributed by atoms with Gasteiger partial charge in [0.1, 0.15) is 0 Å². The number of nitrogens with one attached hydrogen (secondary N) is 2. The molecular formula is C16H27N3O. The number of hydrogen-bond donors (Lipinski definition) is 2. The molecule has 0 radical (unpaired) electrons. The Hall–Kier alpha value is -1.39. The third-order valence-corrected chi connectivity index (χ3v) is 3.27. The summed E-state index contributed by atoms with van der Waals surface area (Å²) in [6, 6.07) is 9.62. The smallest absolute Gasteiger partial charge is 0.241 e. The zero-order valence-corrected chi connectivity index (χ0v) is 13.2. The zero-order valence-electron chi connectivity index (χ0n) is 13.2. The number of hydrogen-bond acceptors (Lipinski definition) is 3. The van der Waals surface area contributed by atoms with Crippen LogP contribution in [0.25, 0.3) is 0 Å². The van der Waals surface area contributed by atoms with Crippen molar-refractivity contribution in [1.82, 2.24) is 10.2 Å². The highest BCUT2D eigenvalue weighted by Gasteiger charge is 2.20. The van der Waals surface area contributed by atoms with E-state index in [1.165, 1.54) is 0 Å². The van der Waals surface area contributed by atoms with E-state index >= 15 is 0 Å². The van der Waals surface area contributed by atoms with E-state index in [-0.39, 0.29) is 11.9 Å². The minimum atomic E-state index is -0.220. The van der Waals surface area contributed by atoms with Crippen molar-refractivity contribution in [2.45, 2.75) is 32.9 Å². The van der Waals surface area contributed by atoms with Gasteiger partial charge >= 0.3 is 0 Å². The predicted octanol–water partition coefficient (Wildman–Crippen LogP) is 2.19. The van der Waals surface area contributed by atoms with Gasteiger partial charge < -0.3 is 15.5 Å². The van der Waals surface area contributed by atoms with Crippen molar-refractivity contribution in [2.75, 3.05) is 26.0 Å². The molecule has 0 saturated carbocycles. The minimum absolute atomic E-state index is 0.000561. The van der Waals surface area contributed by atoms with Crippen LogP contribution in [0.3, 0.4) is 0 Å². The fourth-order valence-electron chi connectivity index (χ4n) is 2.02. The molecule has 20 heavy (non-hydrogen) atoms. The van der Waals surface area contributed by atoms with Gasteiger partial charge in [0.05, 0.1) is 6.04 Å². The van der Waals surface area contributed by atoms with Crippen LogP contribution in [0.1, 0.15) is 20.8 Å². The molecule has 4 nitrogen and oxygen atoms in total. The number of likely N-dealkylation sites (N-methyl/N-ethyl adjacent to an activating group) is 1. The lowest BCUT2D eigenvalue weighted by Crippen LogP contribution is -2.50. The Labute approximate surface area is 122 Å². The highest BCUT2D eigenvalue weighted by molar-refractivity contribution is 5.94. The fraction of sp³-hybridized carbons (Fsp3) is 0.562. The molecule has 0 fully saturated rings. The van der Waals surface area contributed by atoms with E-state index in [1.807, 2.05) is 51.4 Å². The van der Waals surface area contributed by atoms with E-state index in [9.17, 15) is 4.79 Å². The van der Waals surface area contributed by atoms with E-state index < -0.39 is 0 Å². The zero-order chi connectivity index (χ0) is 15.1. The molecule has 0 spiro atoms. The molecule has 0 aliphatic heterocycles. The molecule has 2 atom stereocenters. The average Bonchev–Trinajstić information content (AvgIpc) is 2.38. The largest absolute Gasteiger partial charge is 0.325 e. The summed E-state index contributed by atoms with van der Waals surface area (Å²) < 4.78 is 0. The summed E-state index contributed by atoms with van der Waals surface area (Å²) in [7, 11) is 4.09. The molecule has 4 heteroatoms. The fourth-order valence-corrected chi connectivity index (χ4v) is 2.02. The number of amides is 1. The lowest BCUT2D eigenvalue weighted by Gasteiger charge is -2.28. The Balaban J connectivity index is 2.55. The number of anilines is 1. The van der Waals surface area contributed by atoms with Crippen LogP contribution in [0.2, 0.25) is 0 Å². The molecule has 0 aromatic heterocycles. The van der Waals surface area contributed by atoms with Crippen LogP contribution in [0.5, 0.6) is 0 Å². The lowest BCUT2D eigenvalue weighted by molar-refractivity contribution is -0.118. The molecular weight excluding hydrogens is 250 g/mol. The molecule has 2 N–H and O–H groups in total. The third-order valence-electron chi connectivity index (χ3n) is 3.27. The minimum Gasteiger partial charge on any atom is -0.325 e. The standard InChI is InChI=1S/C16H27N3O/c1-12(2)15(11-19(4)5)17-13(3)16(20)18-14-9-7-6-8-10-14/h6-10,12-13,15,17H,11H2,1-5H3,(H,18,20). The van der Waals surface area contributed by atoms with Gasteiger partial charge in [-0.05, 0) is 39.1 Å². The summed E-state index contributed by atoms with van der Waals surface area (Å²) in [5.41, 5.74) is 0.833. The van der Waals surface area contributed by atoms with Crippen molar-refractivity contribution in [3.63, 3.8) is 0 Å². The Kier molecular flexibility index (Phi) is 6.68. The Bertz CT molecular complexity index is 403. The lowest BCUT2D eigenvalue weighted by atomic mass is 10.0. The SMILES string of the molecule is CC(NC(CN(C)C)C(C)C)C(=O)Nc1ccccc1. The van der Waals surface area contributed by atoms with Crippen molar-refractivity contribution in [3.8, 4) is 0 Å². The second-order valence-electron chi connectivity index (χ2n) is 5.86. The van der Waals surface area contributed by atoms with Crippen LogP contribution in [0, 0.1) is 5.92 Å². The molecule has 2 unspecified atom stereocenters. The molecule has 0 aliphatic carbocycles. The van der Waals surface area contributed by atoms with E-state index in [0.29, 0.717) is 12.0 Å². The van der Waals surface area contributed by atoms with Crippen LogP contribution in [0.15, 0.2) is 30.3 Å². The Morgan fingerprint density at radius 3 is 2.25 bits per heavy atom. The second-order valence-corrected chi connectivity index (χ2v) is 5.86. The number of carbonyl (C=O) groups is 1. The van der Waals surface area contributed by atoms with Crippen LogP contribution in [0.4, 0.5) is 5.69 Å². The van der Waals surface area contributed by atoms with Gasteiger partial charge in [-0.25, -0.2) is 0 Å². The first-order valence-electron chi connectivity index (χ1n) is 7.17. The van der Waals surface area contributed by atoms with Gasteiger partial charge in [0.15, 0.2) is 0 Å². The van der Waals surface area contributed by atoms with Gasteiger partial charge in [-0.2, -0.15) is 0 Å². The van der Waals surface area contributed by atoms with Crippen molar-refractivity contribution in [1.29, 1.82) is 0 Å². The molecule has 1 rings (SSSR count). The van der Waals surface area contributed by atoms with Gasteiger partial charge in [-0.1, -0.05) is 32.0 Å². The molecule has 0 heterocycles. The van der Waals surface area contributed by atoms with Crippen LogP contribution in [-0.2, 0) is 4.79 Å². The topological polar surface area (TPSA) is 44.4 Å². The van der Waals surface area contributed by atoms with E-state index in [1.54, 1.807) is 0 Å². The molecule has 0 aliphatic rings. The number of para-hydroxylation sites is 1. The molecule has 1 amide bonds. The highest BCUT2D eigenvalue weighted by atomic mass is 16.2. The van der Waals surface area contributed by atoms with Gasteiger partial charge in [0.2, 0.25) is 5.91 Å². The number of rotatable bonds is 7. The first-order valence-corrected chi connectivity index (χ1v) is 7.17. The highest BCUT2D eigenvalue weighted by Crippen LogP contribution is 2.08. The van der Waals surface area contributed by atoms with E-state index in [0.717, 1.165) is 12.2 Å². The first-order chi connectivity index (χ1) is 9.40. The molecule has 1 aromatic rings. The number of benzene rings is 1. The normalized spacial score (nSPS) is 14.3. The molecule has 1 aromatic carbocycles. The van der Waals surface area contributed by atoms with Crippen LogP contribution in [-0.4, -0.2) is 43.5 Å². The van der Waals surface area contributed by atoms with Gasteiger partial charge in [-0.15, -0.1) is 0 Å². The van der Waals surface area contributed by atoms with Crippen molar-refractivity contribution in [3.05, 3.63) is 30.3 Å². The maximum absolute atomic E-state index is 12.2. The summed E-state index contributed by atoms with van der Waals surface area (Å²) in [5, 5.41) is 6.34. The maximum Gasteiger partial charge on any atom is 0.241 e. The van der Waals surface area contributed by atoms with E-state index in [2.05, 4.69) is 29.4 Å². The van der Waals surface area contributed by atoms with Crippen LogP contribution >= 0.6 is 0 Å². The summed E-state index contributed by atoms with van der Waals surface area (Å²) in [6.45, 7) is 7.16. The summed E-state index contributed by atoms with van der Waals surface area (Å²) >= 11 is 0. The molecule has 112 valence electrons. The van der Waals surface area contributed by atoms with Crippen molar-refractivity contribution in [2.24, 2.45) is 5.92 Å². The third kappa shape index (κ3) is 5.72. The maximum atomic E-state index is 12.2. The van der Waals surface area contributed by atoms with E-state index in [4.69, 9.17) is 0 Å². The predicted molar refractivity (Wildman–Crippen MR) is 84.8 cm³/mol. The van der Waals surface area contributed by atoms with Gasteiger partial charge in [-0.3, -0.25) is 4.79 Å². The van der Waals surface area contributed by atoms with Crippen molar-refractivity contribution < 1.29 is 4.79 Å². The molecule has 0 saturated heterocycles. The summed E-state index contributed by atoms with van der Waals surface area (Å²) in [4.78, 5) is 14.3. The monoisotopic (exact) mass is 277 g/mol. The average molecular weight is 277 g/mol. The first kappa shape index (κ1) is 16.7. The summed E-state index contributed by atoms with van der Waals surface area (Å²) in [5.74, 6) is 0.477. The second kappa shape index (κ2) is 8.02. The number of carbonyl (C=O) groups excluding carboxylic acids is 1. The quantitative estimate of drug-likeness (QED) is 0.803. The Morgan fingerprint density at radius 1 is 1.15 bits per heavy atom. The number of nitrogens with zero attached hydrogens (tertiary/aromatic N) is 1. The van der Waals surface area contributed by atoms with Crippen LogP contribution < -0.4 is 10.6 Å². The molecule has 0 bridgehead atoms.